The summed E-state index contributed by atoms with van der Waals surface area (Å²) in [6.45, 7) is 0. The van der Waals surface area contributed by atoms with E-state index < -0.39 is 8.03 Å². The first-order chi connectivity index (χ1) is 14.7. The molecule has 5 heteroatoms. The van der Waals surface area contributed by atoms with Crippen molar-refractivity contribution >= 4 is 24.6 Å². The Bertz CT molecular complexity index is 1040. The van der Waals surface area contributed by atoms with E-state index in [1.807, 2.05) is 24.3 Å². The summed E-state index contributed by atoms with van der Waals surface area (Å²) in [7, 11) is -0.210. The molecule has 1 atom stereocenters. The molecule has 30 heavy (non-hydrogen) atoms. The lowest BCUT2D eigenvalue weighted by atomic mass is 9.54. The number of fused-ring (bicyclic) bond motifs is 1. The summed E-state index contributed by atoms with van der Waals surface area (Å²) in [5, 5.41) is 10.8. The molecular weight excluding hydrogens is 393 g/mol. The van der Waals surface area contributed by atoms with Crippen molar-refractivity contribution in [2.24, 2.45) is 23.7 Å². The van der Waals surface area contributed by atoms with Gasteiger partial charge in [-0.25, -0.2) is 0 Å². The van der Waals surface area contributed by atoms with Crippen molar-refractivity contribution in [1.29, 1.82) is 5.26 Å². The van der Waals surface area contributed by atoms with E-state index in [-0.39, 0.29) is 12.6 Å². The molecule has 0 aliphatic heterocycles. The zero-order chi connectivity index (χ0) is 20.7. The van der Waals surface area contributed by atoms with E-state index >= 15 is 0 Å². The van der Waals surface area contributed by atoms with Crippen molar-refractivity contribution in [3.63, 3.8) is 0 Å². The number of allylic oxidation sites excluding steroid dienone is 1. The van der Waals surface area contributed by atoms with Crippen LogP contribution in [0.25, 0.3) is 16.5 Å². The highest BCUT2D eigenvalue weighted by Gasteiger charge is 2.47. The number of rotatable bonds is 6. The van der Waals surface area contributed by atoms with Gasteiger partial charge in [-0.1, -0.05) is 30.3 Å². The van der Waals surface area contributed by atoms with Gasteiger partial charge >= 0.3 is 8.03 Å². The third kappa shape index (κ3) is 3.40. The third-order valence-electron chi connectivity index (χ3n) is 7.21. The van der Waals surface area contributed by atoms with Gasteiger partial charge in [0.25, 0.3) is 0 Å². The largest absolute Gasteiger partial charge is 0.557 e. The quantitative estimate of drug-likeness (QED) is 0.386. The minimum absolute atomic E-state index is 0.223. The van der Waals surface area contributed by atoms with Gasteiger partial charge in [-0.15, -0.1) is 0 Å². The van der Waals surface area contributed by atoms with Crippen LogP contribution in [0.15, 0.2) is 42.0 Å². The number of nitrogens with zero attached hydrogens (tertiary/aromatic N) is 1. The molecule has 4 aliphatic rings. The summed E-state index contributed by atoms with van der Waals surface area (Å²) < 4.78 is 24.7. The number of hydrogen-bond acceptors (Lipinski definition) is 4. The fourth-order valence-electron chi connectivity index (χ4n) is 6.25. The average molecular weight is 420 g/mol. The summed E-state index contributed by atoms with van der Waals surface area (Å²) in [5.74, 6) is 4.51. The normalized spacial score (nSPS) is 27.1. The van der Waals surface area contributed by atoms with Crippen molar-refractivity contribution in [2.75, 3.05) is 13.3 Å². The second kappa shape index (κ2) is 8.05. The lowest BCUT2D eigenvalue weighted by Crippen LogP contribution is -2.40. The van der Waals surface area contributed by atoms with E-state index in [0.717, 1.165) is 33.9 Å². The highest BCUT2D eigenvalue weighted by atomic mass is 31.1. The number of methoxy groups -OCH3 is 1. The van der Waals surface area contributed by atoms with Crippen molar-refractivity contribution in [3.05, 3.63) is 47.5 Å². The summed E-state index contributed by atoms with van der Waals surface area (Å²) in [6, 6.07) is 14.2. The van der Waals surface area contributed by atoms with Gasteiger partial charge < -0.3 is 4.74 Å². The van der Waals surface area contributed by atoms with Gasteiger partial charge in [0, 0.05) is 5.39 Å². The van der Waals surface area contributed by atoms with Gasteiger partial charge in [-0.3, -0.25) is 4.52 Å². The molecule has 0 amide bonds. The fraction of sp³-hybridized carbons (Fsp3) is 0.480. The van der Waals surface area contributed by atoms with Crippen molar-refractivity contribution in [3.8, 4) is 11.8 Å². The highest BCUT2D eigenvalue weighted by molar-refractivity contribution is 7.39. The Labute approximate surface area is 178 Å². The summed E-state index contributed by atoms with van der Waals surface area (Å²) in [6.07, 6.45) is 6.96. The molecule has 0 radical (unpaired) electrons. The van der Waals surface area contributed by atoms with Crippen LogP contribution in [0.2, 0.25) is 0 Å². The first-order valence-electron chi connectivity index (χ1n) is 11.0. The first kappa shape index (κ1) is 19.6. The van der Waals surface area contributed by atoms with Gasteiger partial charge in [0.05, 0.1) is 25.2 Å². The van der Waals surface area contributed by atoms with Gasteiger partial charge in [-0.05, 0) is 77.4 Å². The zero-order valence-corrected chi connectivity index (χ0v) is 18.2. The van der Waals surface area contributed by atoms with Crippen LogP contribution in [-0.4, -0.2) is 13.3 Å². The smallest absolute Gasteiger partial charge is 0.496 e. The molecule has 1 unspecified atom stereocenters. The lowest BCUT2D eigenvalue weighted by molar-refractivity contribution is 0.0675. The van der Waals surface area contributed by atoms with Crippen LogP contribution in [0.5, 0.6) is 5.75 Å². The summed E-state index contributed by atoms with van der Waals surface area (Å²) in [4.78, 5) is 0. The molecule has 4 nitrogen and oxygen atoms in total. The Morgan fingerprint density at radius 2 is 1.77 bits per heavy atom. The Morgan fingerprint density at radius 3 is 2.43 bits per heavy atom. The zero-order valence-electron chi connectivity index (χ0n) is 17.3. The molecule has 154 valence electrons. The van der Waals surface area contributed by atoms with Crippen LogP contribution in [0.1, 0.15) is 44.1 Å². The first-order valence-corrected chi connectivity index (χ1v) is 12.3. The molecule has 0 spiro atoms. The van der Waals surface area contributed by atoms with Crippen LogP contribution in [0, 0.1) is 35.0 Å². The van der Waals surface area contributed by atoms with E-state index in [2.05, 4.69) is 18.2 Å². The predicted molar refractivity (Wildman–Crippen MR) is 118 cm³/mol. The molecule has 4 bridgehead atoms. The molecule has 6 rings (SSSR count). The monoisotopic (exact) mass is 420 g/mol. The molecule has 0 saturated heterocycles. The topological polar surface area (TPSA) is 59.3 Å². The Balaban J connectivity index is 1.63. The highest BCUT2D eigenvalue weighted by Crippen LogP contribution is 2.58. The third-order valence-corrected chi connectivity index (χ3v) is 8.18. The van der Waals surface area contributed by atoms with Crippen LogP contribution < -0.4 is 4.52 Å². The molecule has 0 aromatic heterocycles. The van der Waals surface area contributed by atoms with Crippen LogP contribution in [-0.2, 0) is 9.30 Å². The molecule has 4 saturated carbocycles. The van der Waals surface area contributed by atoms with Crippen LogP contribution in [0.3, 0.4) is 0 Å². The molecule has 0 N–H and O–H groups in total. The maximum atomic E-state index is 12.6. The van der Waals surface area contributed by atoms with Gasteiger partial charge in [0.2, 0.25) is 5.75 Å². The van der Waals surface area contributed by atoms with Gasteiger partial charge in [0.1, 0.15) is 5.76 Å². The number of nitriles is 1. The second-order valence-electron chi connectivity index (χ2n) is 9.01. The average Bonchev–Trinajstić information content (AvgIpc) is 2.75. The van der Waals surface area contributed by atoms with E-state index in [1.54, 1.807) is 7.11 Å². The molecule has 4 fully saturated rings. The van der Waals surface area contributed by atoms with E-state index in [4.69, 9.17) is 14.5 Å². The number of benzene rings is 2. The van der Waals surface area contributed by atoms with E-state index in [1.165, 1.54) is 37.7 Å². The number of ether oxygens (including phenoxy) is 1. The van der Waals surface area contributed by atoms with Crippen molar-refractivity contribution in [1.82, 2.24) is 0 Å². The van der Waals surface area contributed by atoms with Crippen LogP contribution >= 0.6 is 8.03 Å². The van der Waals surface area contributed by atoms with E-state index in [0.29, 0.717) is 17.6 Å². The Morgan fingerprint density at radius 1 is 1.07 bits per heavy atom. The summed E-state index contributed by atoms with van der Waals surface area (Å²) in [5.41, 5.74) is 2.36. The maximum absolute atomic E-state index is 12.6. The maximum Gasteiger partial charge on any atom is 0.557 e. The van der Waals surface area contributed by atoms with Crippen LogP contribution in [0.4, 0.5) is 0 Å². The fourth-order valence-corrected chi connectivity index (χ4v) is 7.03. The van der Waals surface area contributed by atoms with Crippen molar-refractivity contribution < 1.29 is 13.8 Å². The molecular formula is C25H27NO3P+. The SMILES string of the molecule is COC(=C1C2CC3CC(C2)CC1C3)c1ccc2ccccc2c1O[P+](=O)CCC#N. The molecule has 2 aromatic rings. The van der Waals surface area contributed by atoms with Crippen molar-refractivity contribution in [2.45, 2.75) is 38.5 Å². The minimum Gasteiger partial charge on any atom is -0.496 e. The number of hydrogen-bond donors (Lipinski definition) is 0. The van der Waals surface area contributed by atoms with Gasteiger partial charge in [-0.2, -0.15) is 5.26 Å². The minimum atomic E-state index is -1.96. The second-order valence-corrected chi connectivity index (χ2v) is 10.3. The lowest BCUT2D eigenvalue weighted by Gasteiger charge is -2.51. The Hall–Kier alpha value is -2.37. The molecule has 4 aliphatic carbocycles. The molecule has 0 heterocycles. The standard InChI is InChI=1S/C25H27NO3P/c1-28-25(23-19-12-16-11-17(14-19)15-20(23)13-16)22-8-7-18-5-2-3-6-21(18)24(22)29-30(27)10-4-9-26/h2-3,5-8,16-17,19-20H,4,10-15H2,1H3/q+1. The summed E-state index contributed by atoms with van der Waals surface area (Å²) >= 11 is 0. The molecule has 2 aromatic carbocycles. The predicted octanol–water partition coefficient (Wildman–Crippen LogP) is 6.69. The van der Waals surface area contributed by atoms with Gasteiger partial charge in [0.15, 0.2) is 6.16 Å². The Kier molecular flexibility index (Phi) is 5.25. The van der Waals surface area contributed by atoms with E-state index in [9.17, 15) is 4.57 Å².